The minimum Gasteiger partial charge on any atom is -0.340 e. The quantitative estimate of drug-likeness (QED) is 0.553. The van der Waals surface area contributed by atoms with Crippen molar-refractivity contribution in [3.63, 3.8) is 0 Å². The Hall–Kier alpha value is -2.64. The molecule has 4 rings (SSSR count). The number of aromatic nitrogens is 1. The fraction of sp³-hybridized carbons (Fsp3) is 0.348. The van der Waals surface area contributed by atoms with Crippen molar-refractivity contribution in [3.8, 4) is 0 Å². The summed E-state index contributed by atoms with van der Waals surface area (Å²) in [4.78, 5) is 33.7. The van der Waals surface area contributed by atoms with Gasteiger partial charge in [-0.1, -0.05) is 12.1 Å². The molecule has 7 heteroatoms. The molecule has 0 bridgehead atoms. The van der Waals surface area contributed by atoms with Gasteiger partial charge < -0.3 is 4.90 Å². The number of nitrogens with zero attached hydrogens (tertiary/aromatic N) is 3. The van der Waals surface area contributed by atoms with Crippen LogP contribution in [-0.4, -0.2) is 52.7 Å². The number of Topliss-reactive ketones (excluding diaryl/α,β-unsaturated/α-hetero) is 1. The molecule has 156 valence electrons. The second-order valence-electron chi connectivity index (χ2n) is 7.54. The zero-order valence-electron chi connectivity index (χ0n) is 16.9. The summed E-state index contributed by atoms with van der Waals surface area (Å²) in [5, 5.41) is 1.10. The van der Waals surface area contributed by atoms with Gasteiger partial charge in [-0.15, -0.1) is 11.3 Å². The van der Waals surface area contributed by atoms with Crippen molar-refractivity contribution in [3.05, 3.63) is 64.9 Å². The number of hydrogen-bond donors (Lipinski definition) is 0. The van der Waals surface area contributed by atoms with Gasteiger partial charge in [0.15, 0.2) is 5.78 Å². The lowest BCUT2D eigenvalue weighted by atomic mass is 10.1. The van der Waals surface area contributed by atoms with Gasteiger partial charge in [0.05, 0.1) is 16.3 Å². The third-order valence-electron chi connectivity index (χ3n) is 5.61. The molecule has 0 N–H and O–H groups in total. The van der Waals surface area contributed by atoms with E-state index in [4.69, 9.17) is 4.98 Å². The minimum absolute atomic E-state index is 0.00208. The summed E-state index contributed by atoms with van der Waals surface area (Å²) in [6.07, 6.45) is 0.330. The molecule has 5 nitrogen and oxygen atoms in total. The molecule has 1 saturated heterocycles. The number of thiazole rings is 1. The van der Waals surface area contributed by atoms with E-state index in [9.17, 15) is 14.0 Å². The number of carbonyl (C=O) groups is 2. The van der Waals surface area contributed by atoms with Gasteiger partial charge in [0.1, 0.15) is 10.8 Å². The van der Waals surface area contributed by atoms with Crippen LogP contribution in [0.25, 0.3) is 10.2 Å². The van der Waals surface area contributed by atoms with Crippen LogP contribution < -0.4 is 0 Å². The average Bonchev–Trinajstić information content (AvgIpc) is 3.21. The van der Waals surface area contributed by atoms with Gasteiger partial charge in [0.2, 0.25) is 5.91 Å². The fourth-order valence-corrected chi connectivity index (χ4v) is 4.80. The number of para-hydroxylation sites is 1. The number of piperazine rings is 1. The Morgan fingerprint density at radius 1 is 1.03 bits per heavy atom. The van der Waals surface area contributed by atoms with E-state index < -0.39 is 0 Å². The van der Waals surface area contributed by atoms with Crippen molar-refractivity contribution in [1.82, 2.24) is 14.8 Å². The summed E-state index contributed by atoms with van der Waals surface area (Å²) in [7, 11) is 0. The first kappa shape index (κ1) is 20.6. The van der Waals surface area contributed by atoms with E-state index in [1.54, 1.807) is 11.3 Å². The highest BCUT2D eigenvalue weighted by Gasteiger charge is 2.26. The third kappa shape index (κ3) is 4.57. The lowest BCUT2D eigenvalue weighted by Crippen LogP contribution is -2.49. The molecule has 3 aromatic rings. The molecule has 0 aliphatic carbocycles. The second-order valence-corrected chi connectivity index (χ2v) is 8.60. The maximum atomic E-state index is 13.0. The van der Waals surface area contributed by atoms with Crippen molar-refractivity contribution in [2.75, 3.05) is 26.2 Å². The summed E-state index contributed by atoms with van der Waals surface area (Å²) < 4.78 is 14.2. The van der Waals surface area contributed by atoms with E-state index in [-0.39, 0.29) is 36.4 Å². The number of amides is 1. The Bertz CT molecular complexity index is 1010. The van der Waals surface area contributed by atoms with Crippen LogP contribution in [0.1, 0.15) is 41.2 Å². The first-order chi connectivity index (χ1) is 14.5. The molecular formula is C23H24FN3O2S. The molecule has 1 aliphatic heterocycles. The highest BCUT2D eigenvalue weighted by molar-refractivity contribution is 7.18. The van der Waals surface area contributed by atoms with E-state index in [1.807, 2.05) is 23.1 Å². The molecule has 1 aliphatic rings. The number of benzene rings is 2. The van der Waals surface area contributed by atoms with E-state index in [2.05, 4.69) is 17.9 Å². The maximum Gasteiger partial charge on any atom is 0.223 e. The van der Waals surface area contributed by atoms with Crippen molar-refractivity contribution in [2.45, 2.75) is 25.8 Å². The smallest absolute Gasteiger partial charge is 0.223 e. The molecule has 1 fully saturated rings. The van der Waals surface area contributed by atoms with Crippen molar-refractivity contribution in [1.29, 1.82) is 0 Å². The van der Waals surface area contributed by atoms with Crippen LogP contribution in [0, 0.1) is 5.82 Å². The highest BCUT2D eigenvalue weighted by Crippen LogP contribution is 2.30. The number of halogens is 1. The van der Waals surface area contributed by atoms with E-state index in [0.717, 1.165) is 23.6 Å². The van der Waals surface area contributed by atoms with Crippen LogP contribution in [0.4, 0.5) is 4.39 Å². The lowest BCUT2D eigenvalue weighted by molar-refractivity contribution is -0.133. The number of carbonyl (C=O) groups excluding carboxylic acids is 2. The Morgan fingerprint density at radius 2 is 1.73 bits per heavy atom. The summed E-state index contributed by atoms with van der Waals surface area (Å²) in [6.45, 7) is 5.04. The normalized spacial score (nSPS) is 16.0. The topological polar surface area (TPSA) is 53.5 Å². The molecule has 0 saturated carbocycles. The zero-order valence-corrected chi connectivity index (χ0v) is 17.7. The Kier molecular flexibility index (Phi) is 6.20. The average molecular weight is 426 g/mol. The first-order valence-electron chi connectivity index (χ1n) is 10.2. The standard InChI is InChI=1S/C23H24FN3O2S/c1-16(23-25-19-4-2-3-5-21(19)30-23)26-12-14-27(15-13-26)22(29)11-10-20(28)17-6-8-18(24)9-7-17/h2-9,16H,10-15H2,1H3. The summed E-state index contributed by atoms with van der Waals surface area (Å²) in [6, 6.07) is 13.8. The molecular weight excluding hydrogens is 401 g/mol. The maximum absolute atomic E-state index is 13.0. The van der Waals surface area contributed by atoms with Crippen LogP contribution in [0.2, 0.25) is 0 Å². The van der Waals surface area contributed by atoms with Gasteiger partial charge in [-0.05, 0) is 43.3 Å². The van der Waals surface area contributed by atoms with Gasteiger partial charge in [0, 0.05) is 44.6 Å². The molecule has 30 heavy (non-hydrogen) atoms. The van der Waals surface area contributed by atoms with Gasteiger partial charge >= 0.3 is 0 Å². The lowest BCUT2D eigenvalue weighted by Gasteiger charge is -2.37. The van der Waals surface area contributed by atoms with Gasteiger partial charge in [-0.25, -0.2) is 9.37 Å². The fourth-order valence-electron chi connectivity index (χ4n) is 3.74. The Balaban J connectivity index is 1.27. The van der Waals surface area contributed by atoms with Crippen LogP contribution >= 0.6 is 11.3 Å². The molecule has 1 amide bonds. The van der Waals surface area contributed by atoms with Crippen LogP contribution in [-0.2, 0) is 4.79 Å². The van der Waals surface area contributed by atoms with Crippen molar-refractivity contribution >= 4 is 33.2 Å². The molecule has 2 aromatic carbocycles. The molecule has 1 atom stereocenters. The summed E-state index contributed by atoms with van der Waals surface area (Å²) >= 11 is 1.72. The number of fused-ring (bicyclic) bond motifs is 1. The first-order valence-corrected chi connectivity index (χ1v) is 11.0. The molecule has 1 unspecified atom stereocenters. The Labute approximate surface area is 179 Å². The van der Waals surface area contributed by atoms with Gasteiger partial charge in [-0.3, -0.25) is 14.5 Å². The van der Waals surface area contributed by atoms with E-state index in [0.29, 0.717) is 18.7 Å². The molecule has 0 radical (unpaired) electrons. The predicted molar refractivity (Wildman–Crippen MR) is 116 cm³/mol. The second kappa shape index (κ2) is 9.02. The van der Waals surface area contributed by atoms with E-state index in [1.165, 1.54) is 29.0 Å². The van der Waals surface area contributed by atoms with Crippen LogP contribution in [0.15, 0.2) is 48.5 Å². The largest absolute Gasteiger partial charge is 0.340 e. The van der Waals surface area contributed by atoms with E-state index >= 15 is 0 Å². The van der Waals surface area contributed by atoms with Crippen molar-refractivity contribution in [2.24, 2.45) is 0 Å². The monoisotopic (exact) mass is 425 g/mol. The predicted octanol–water partition coefficient (Wildman–Crippen LogP) is 4.30. The molecule has 2 heterocycles. The van der Waals surface area contributed by atoms with Gasteiger partial charge in [-0.2, -0.15) is 0 Å². The van der Waals surface area contributed by atoms with Gasteiger partial charge in [0.25, 0.3) is 0 Å². The summed E-state index contributed by atoms with van der Waals surface area (Å²) in [5.41, 5.74) is 1.47. The number of ketones is 1. The SMILES string of the molecule is CC(c1nc2ccccc2s1)N1CCN(C(=O)CCC(=O)c2ccc(F)cc2)CC1. The summed E-state index contributed by atoms with van der Waals surface area (Å²) in [5.74, 6) is -0.509. The number of rotatable bonds is 6. The van der Waals surface area contributed by atoms with Crippen molar-refractivity contribution < 1.29 is 14.0 Å². The molecule has 0 spiro atoms. The highest BCUT2D eigenvalue weighted by atomic mass is 32.1. The van der Waals surface area contributed by atoms with Crippen LogP contribution in [0.3, 0.4) is 0 Å². The minimum atomic E-state index is -0.374. The Morgan fingerprint density at radius 3 is 2.43 bits per heavy atom. The number of hydrogen-bond acceptors (Lipinski definition) is 5. The van der Waals surface area contributed by atoms with Crippen LogP contribution in [0.5, 0.6) is 0 Å². The third-order valence-corrected chi connectivity index (χ3v) is 6.82. The molecule has 1 aromatic heterocycles. The zero-order chi connectivity index (χ0) is 21.1.